The van der Waals surface area contributed by atoms with Gasteiger partial charge in [-0.15, -0.1) is 0 Å². The van der Waals surface area contributed by atoms with E-state index < -0.39 is 6.29 Å². The number of fused-ring (bicyclic) bond motifs is 2. The van der Waals surface area contributed by atoms with Gasteiger partial charge < -0.3 is 14.8 Å². The van der Waals surface area contributed by atoms with E-state index in [0.29, 0.717) is 38.7 Å². The maximum Gasteiger partial charge on any atom is 0.232 e. The second-order valence-electron chi connectivity index (χ2n) is 7.20. The second-order valence-corrected chi connectivity index (χ2v) is 9.07. The summed E-state index contributed by atoms with van der Waals surface area (Å²) >= 11 is 13.8. The van der Waals surface area contributed by atoms with Crippen LogP contribution >= 0.6 is 34.5 Å². The van der Waals surface area contributed by atoms with Crippen molar-refractivity contribution in [1.82, 2.24) is 4.98 Å². The van der Waals surface area contributed by atoms with Crippen molar-refractivity contribution in [3.8, 4) is 5.75 Å². The molecule has 3 aromatic rings. The topological polar surface area (TPSA) is 60.5 Å². The highest BCUT2D eigenvalue weighted by Crippen LogP contribution is 2.34. The van der Waals surface area contributed by atoms with Gasteiger partial charge in [0.15, 0.2) is 5.13 Å². The van der Waals surface area contributed by atoms with E-state index in [1.165, 1.54) is 11.3 Å². The molecule has 0 fully saturated rings. The van der Waals surface area contributed by atoms with Crippen LogP contribution in [0.25, 0.3) is 10.2 Å². The SMILES string of the molecule is CCCCCCOC1Oc2ccc(Cl)cc2C(=O)/C1=C\Nc1nc2c(Cl)cccc2s1. The fraction of sp³-hybridized carbons (Fsp3) is 0.304. The van der Waals surface area contributed by atoms with Crippen molar-refractivity contribution >= 4 is 55.7 Å². The molecule has 2 heterocycles. The molecule has 1 aliphatic rings. The van der Waals surface area contributed by atoms with Gasteiger partial charge in [0.1, 0.15) is 11.3 Å². The predicted octanol–water partition coefficient (Wildman–Crippen LogP) is 7.10. The highest BCUT2D eigenvalue weighted by Gasteiger charge is 2.33. The van der Waals surface area contributed by atoms with Crippen LogP contribution in [0.3, 0.4) is 0 Å². The summed E-state index contributed by atoms with van der Waals surface area (Å²) in [6.07, 6.45) is 5.09. The average molecular weight is 477 g/mol. The van der Waals surface area contributed by atoms with Gasteiger partial charge in [-0.05, 0) is 36.8 Å². The zero-order valence-electron chi connectivity index (χ0n) is 17.0. The first-order valence-electron chi connectivity index (χ1n) is 10.2. The Labute approximate surface area is 195 Å². The second kappa shape index (κ2) is 10.0. The number of thiazole rings is 1. The maximum atomic E-state index is 13.2. The Kier molecular flexibility index (Phi) is 7.13. The van der Waals surface area contributed by atoms with E-state index in [9.17, 15) is 4.79 Å². The van der Waals surface area contributed by atoms with Crippen LogP contribution in [0.1, 0.15) is 43.0 Å². The van der Waals surface area contributed by atoms with Crippen molar-refractivity contribution in [3.63, 3.8) is 0 Å². The Balaban J connectivity index is 1.58. The van der Waals surface area contributed by atoms with E-state index in [2.05, 4.69) is 17.2 Å². The third-order valence-electron chi connectivity index (χ3n) is 4.92. The minimum atomic E-state index is -0.798. The molecule has 162 valence electrons. The molecule has 0 amide bonds. The summed E-state index contributed by atoms with van der Waals surface area (Å²) in [5, 5.41) is 4.81. The molecule has 1 aliphatic heterocycles. The smallest absolute Gasteiger partial charge is 0.232 e. The number of nitrogens with one attached hydrogen (secondary N) is 1. The summed E-state index contributed by atoms with van der Waals surface area (Å²) in [4.78, 5) is 17.7. The molecule has 1 unspecified atom stereocenters. The van der Waals surface area contributed by atoms with E-state index >= 15 is 0 Å². The number of hydrogen-bond donors (Lipinski definition) is 1. The van der Waals surface area contributed by atoms with Crippen LogP contribution in [0.5, 0.6) is 5.75 Å². The molecule has 1 aromatic heterocycles. The fourth-order valence-corrected chi connectivity index (χ4v) is 4.62. The Morgan fingerprint density at radius 1 is 1.23 bits per heavy atom. The molecule has 2 aromatic carbocycles. The van der Waals surface area contributed by atoms with Crippen molar-refractivity contribution in [1.29, 1.82) is 0 Å². The quantitative estimate of drug-likeness (QED) is 0.277. The standard InChI is InChI=1S/C23H22Cl2N2O3S/c1-2-3-4-5-11-29-22-16(21(28)15-12-14(24)9-10-18(15)30-22)13-26-23-27-20-17(25)7-6-8-19(20)31-23/h6-10,12-13,22H,2-5,11H2,1H3,(H,26,27)/b16-13+. The number of unbranched alkanes of at least 4 members (excludes halogenated alkanes) is 3. The summed E-state index contributed by atoms with van der Waals surface area (Å²) in [6.45, 7) is 2.67. The number of para-hydroxylation sites is 1. The van der Waals surface area contributed by atoms with Crippen molar-refractivity contribution in [3.05, 3.63) is 63.8 Å². The van der Waals surface area contributed by atoms with Gasteiger partial charge >= 0.3 is 0 Å². The molecule has 0 saturated heterocycles. The van der Waals surface area contributed by atoms with E-state index in [-0.39, 0.29) is 5.78 Å². The maximum absolute atomic E-state index is 13.2. The summed E-state index contributed by atoms with van der Waals surface area (Å²) < 4.78 is 12.9. The Hall–Kier alpha value is -2.12. The molecular formula is C23H22Cl2N2O3S. The van der Waals surface area contributed by atoms with Crippen LogP contribution in [0.15, 0.2) is 48.2 Å². The molecule has 8 heteroatoms. The number of nitrogens with zero attached hydrogens (tertiary/aromatic N) is 1. The van der Waals surface area contributed by atoms with E-state index in [4.69, 9.17) is 32.7 Å². The number of ether oxygens (including phenoxy) is 2. The largest absolute Gasteiger partial charge is 0.460 e. The average Bonchev–Trinajstić information content (AvgIpc) is 3.18. The number of anilines is 1. The number of benzene rings is 2. The van der Waals surface area contributed by atoms with Gasteiger partial charge in [0, 0.05) is 11.2 Å². The zero-order valence-corrected chi connectivity index (χ0v) is 19.3. The minimum absolute atomic E-state index is 0.186. The Morgan fingerprint density at radius 3 is 2.90 bits per heavy atom. The van der Waals surface area contributed by atoms with Crippen molar-refractivity contribution in [2.75, 3.05) is 11.9 Å². The van der Waals surface area contributed by atoms with Gasteiger partial charge in [0.25, 0.3) is 0 Å². The molecule has 0 radical (unpaired) electrons. The number of carbonyl (C=O) groups is 1. The number of ketones is 1. The number of aromatic nitrogens is 1. The lowest BCUT2D eigenvalue weighted by Crippen LogP contribution is -2.33. The lowest BCUT2D eigenvalue weighted by atomic mass is 10.00. The van der Waals surface area contributed by atoms with Crippen LogP contribution in [0.4, 0.5) is 5.13 Å². The van der Waals surface area contributed by atoms with Gasteiger partial charge in [-0.25, -0.2) is 4.98 Å². The predicted molar refractivity (Wildman–Crippen MR) is 127 cm³/mol. The lowest BCUT2D eigenvalue weighted by Gasteiger charge is -2.27. The molecule has 0 saturated carbocycles. The minimum Gasteiger partial charge on any atom is -0.460 e. The van der Waals surface area contributed by atoms with E-state index in [1.807, 2.05) is 12.1 Å². The van der Waals surface area contributed by atoms with Crippen LogP contribution in [0, 0.1) is 0 Å². The van der Waals surface area contributed by atoms with Gasteiger partial charge in [-0.2, -0.15) is 0 Å². The number of Topliss-reactive ketones (excluding diaryl/α,β-unsaturated/α-hetero) is 1. The van der Waals surface area contributed by atoms with E-state index in [1.54, 1.807) is 30.5 Å². The number of hydrogen-bond acceptors (Lipinski definition) is 6. The summed E-state index contributed by atoms with van der Waals surface area (Å²) in [6, 6.07) is 10.6. The third kappa shape index (κ3) is 5.04. The Bertz CT molecular complexity index is 1130. The highest BCUT2D eigenvalue weighted by atomic mass is 35.5. The molecular weight excluding hydrogens is 455 g/mol. The first-order valence-corrected chi connectivity index (χ1v) is 11.8. The van der Waals surface area contributed by atoms with Crippen molar-refractivity contribution < 1.29 is 14.3 Å². The van der Waals surface area contributed by atoms with Gasteiger partial charge in [0.2, 0.25) is 12.1 Å². The summed E-state index contributed by atoms with van der Waals surface area (Å²) in [5.41, 5.74) is 1.51. The first kappa shape index (κ1) is 22.1. The molecule has 5 nitrogen and oxygen atoms in total. The fourth-order valence-electron chi connectivity index (χ4n) is 3.32. The van der Waals surface area contributed by atoms with Crippen molar-refractivity contribution in [2.45, 2.75) is 38.9 Å². The lowest BCUT2D eigenvalue weighted by molar-refractivity contribution is -0.0573. The Morgan fingerprint density at radius 2 is 2.10 bits per heavy atom. The van der Waals surface area contributed by atoms with Crippen LogP contribution in [0.2, 0.25) is 10.0 Å². The van der Waals surface area contributed by atoms with Crippen molar-refractivity contribution in [2.24, 2.45) is 0 Å². The van der Waals surface area contributed by atoms with Gasteiger partial charge in [-0.3, -0.25) is 4.79 Å². The molecule has 4 rings (SSSR count). The van der Waals surface area contributed by atoms with E-state index in [0.717, 1.165) is 35.9 Å². The van der Waals surface area contributed by atoms with Crippen LogP contribution < -0.4 is 10.1 Å². The number of carbonyl (C=O) groups excluding carboxylic acids is 1. The zero-order chi connectivity index (χ0) is 21.8. The third-order valence-corrected chi connectivity index (χ3v) is 6.42. The van der Waals surface area contributed by atoms with Gasteiger partial charge in [0.05, 0.1) is 27.5 Å². The molecule has 0 spiro atoms. The molecule has 0 aliphatic carbocycles. The first-order chi connectivity index (χ1) is 15.1. The van der Waals surface area contributed by atoms with Crippen LogP contribution in [-0.4, -0.2) is 23.7 Å². The summed E-state index contributed by atoms with van der Waals surface area (Å²) in [5.74, 6) is 0.283. The van der Waals surface area contributed by atoms with Crippen LogP contribution in [-0.2, 0) is 4.74 Å². The molecule has 1 atom stereocenters. The number of rotatable bonds is 8. The van der Waals surface area contributed by atoms with Gasteiger partial charge in [-0.1, -0.05) is 66.8 Å². The molecule has 1 N–H and O–H groups in total. The normalized spacial score (nSPS) is 17.1. The number of halogens is 2. The summed E-state index contributed by atoms with van der Waals surface area (Å²) in [7, 11) is 0. The molecule has 31 heavy (non-hydrogen) atoms. The highest BCUT2D eigenvalue weighted by molar-refractivity contribution is 7.22. The molecule has 0 bridgehead atoms. The monoisotopic (exact) mass is 476 g/mol.